The minimum absolute atomic E-state index is 0.523. The molecule has 5 heteroatoms. The average molecular weight is 254 g/mol. The first kappa shape index (κ1) is 11.5. The van der Waals surface area contributed by atoms with Crippen LogP contribution in [0, 0.1) is 0 Å². The second-order valence-electron chi connectivity index (χ2n) is 4.18. The molecule has 0 bridgehead atoms. The molecule has 0 saturated heterocycles. The van der Waals surface area contributed by atoms with E-state index >= 15 is 0 Å². The third kappa shape index (κ3) is 2.49. The van der Waals surface area contributed by atoms with Crippen LogP contribution in [0.2, 0.25) is 0 Å². The van der Waals surface area contributed by atoms with Crippen molar-refractivity contribution in [3.05, 3.63) is 48.8 Å². The van der Waals surface area contributed by atoms with Gasteiger partial charge in [0.1, 0.15) is 18.2 Å². The van der Waals surface area contributed by atoms with E-state index in [0.717, 1.165) is 16.7 Å². The normalized spacial score (nSPS) is 10.7. The van der Waals surface area contributed by atoms with Crippen LogP contribution in [0.15, 0.2) is 48.8 Å². The Kier molecular flexibility index (Phi) is 3.02. The number of hydrogen-bond acceptors (Lipinski definition) is 4. The minimum atomic E-state index is 0.523. The zero-order valence-electron chi connectivity index (χ0n) is 10.4. The number of pyridine rings is 1. The van der Waals surface area contributed by atoms with Crippen LogP contribution < -0.4 is 10.5 Å². The van der Waals surface area contributed by atoms with E-state index in [1.165, 1.54) is 0 Å². The summed E-state index contributed by atoms with van der Waals surface area (Å²) >= 11 is 0. The largest absolute Gasteiger partial charge is 0.491 e. The summed E-state index contributed by atoms with van der Waals surface area (Å²) in [6.45, 7) is 1.20. The van der Waals surface area contributed by atoms with Crippen LogP contribution in [0.25, 0.3) is 10.9 Å². The summed E-state index contributed by atoms with van der Waals surface area (Å²) in [5.41, 5.74) is 6.49. The third-order valence-corrected chi connectivity index (χ3v) is 2.84. The van der Waals surface area contributed by atoms with Crippen molar-refractivity contribution in [3.8, 4) is 5.75 Å². The molecule has 0 aliphatic rings. The van der Waals surface area contributed by atoms with E-state index in [0.29, 0.717) is 19.0 Å². The lowest BCUT2D eigenvalue weighted by molar-refractivity contribution is 0.294. The molecule has 0 amide bonds. The highest BCUT2D eigenvalue weighted by Gasteiger charge is 2.02. The van der Waals surface area contributed by atoms with Gasteiger partial charge in [0.15, 0.2) is 0 Å². The lowest BCUT2D eigenvalue weighted by atomic mass is 10.2. The Morgan fingerprint density at radius 1 is 1.16 bits per heavy atom. The number of benzene rings is 1. The van der Waals surface area contributed by atoms with Gasteiger partial charge in [-0.25, -0.2) is 0 Å². The quantitative estimate of drug-likeness (QED) is 0.774. The molecule has 96 valence electrons. The molecule has 0 aliphatic heterocycles. The molecule has 0 radical (unpaired) electrons. The second kappa shape index (κ2) is 4.97. The van der Waals surface area contributed by atoms with E-state index in [1.54, 1.807) is 16.9 Å². The second-order valence-corrected chi connectivity index (χ2v) is 4.18. The van der Waals surface area contributed by atoms with Crippen molar-refractivity contribution in [2.45, 2.75) is 6.54 Å². The van der Waals surface area contributed by atoms with Crippen LogP contribution in [-0.2, 0) is 6.54 Å². The summed E-state index contributed by atoms with van der Waals surface area (Å²) in [6, 6.07) is 11.5. The summed E-state index contributed by atoms with van der Waals surface area (Å²) < 4.78 is 7.55. The molecule has 19 heavy (non-hydrogen) atoms. The predicted octanol–water partition coefficient (Wildman–Crippen LogP) is 2.09. The standard InChI is InChI=1S/C14H14N4O/c15-14-6-8-18(17-14)9-10-19-13-5-1-4-12-11(13)3-2-7-16-12/h1-8H,9-10H2,(H2,15,17). The average Bonchev–Trinajstić information content (AvgIpc) is 2.85. The molecule has 0 unspecified atom stereocenters. The number of nitrogen functional groups attached to an aromatic ring is 1. The topological polar surface area (TPSA) is 66.0 Å². The van der Waals surface area contributed by atoms with Gasteiger partial charge in [-0.05, 0) is 30.3 Å². The molecule has 2 N–H and O–H groups in total. The molecule has 2 aromatic heterocycles. The first-order valence-electron chi connectivity index (χ1n) is 6.08. The highest BCUT2D eigenvalue weighted by Crippen LogP contribution is 2.23. The Labute approximate surface area is 110 Å². The Morgan fingerprint density at radius 2 is 2.11 bits per heavy atom. The SMILES string of the molecule is Nc1ccn(CCOc2cccc3ncccc23)n1. The molecule has 3 aromatic rings. The van der Waals surface area contributed by atoms with E-state index < -0.39 is 0 Å². The predicted molar refractivity (Wildman–Crippen MR) is 73.9 cm³/mol. The number of anilines is 1. The Hall–Kier alpha value is -2.56. The summed E-state index contributed by atoms with van der Waals surface area (Å²) in [6.07, 6.45) is 3.61. The van der Waals surface area contributed by atoms with Crippen LogP contribution >= 0.6 is 0 Å². The fraction of sp³-hybridized carbons (Fsp3) is 0.143. The zero-order valence-corrected chi connectivity index (χ0v) is 10.4. The van der Waals surface area contributed by atoms with Gasteiger partial charge in [0.25, 0.3) is 0 Å². The number of nitrogens with zero attached hydrogens (tertiary/aromatic N) is 3. The number of hydrogen-bond donors (Lipinski definition) is 1. The van der Waals surface area contributed by atoms with Gasteiger partial charge in [-0.3, -0.25) is 9.67 Å². The van der Waals surface area contributed by atoms with Crippen molar-refractivity contribution >= 4 is 16.7 Å². The molecular weight excluding hydrogens is 240 g/mol. The van der Waals surface area contributed by atoms with Gasteiger partial charge in [0.05, 0.1) is 12.1 Å². The number of fused-ring (bicyclic) bond motifs is 1. The molecule has 0 spiro atoms. The van der Waals surface area contributed by atoms with Crippen LogP contribution in [0.3, 0.4) is 0 Å². The molecule has 0 atom stereocenters. The number of ether oxygens (including phenoxy) is 1. The van der Waals surface area contributed by atoms with Gasteiger partial charge in [0.2, 0.25) is 0 Å². The fourth-order valence-corrected chi connectivity index (χ4v) is 1.95. The summed E-state index contributed by atoms with van der Waals surface area (Å²) in [5, 5.41) is 5.12. The van der Waals surface area contributed by atoms with Gasteiger partial charge in [0, 0.05) is 17.8 Å². The summed E-state index contributed by atoms with van der Waals surface area (Å²) in [4.78, 5) is 4.30. The maximum Gasteiger partial charge on any atom is 0.145 e. The van der Waals surface area contributed by atoms with Crippen molar-refractivity contribution in [2.75, 3.05) is 12.3 Å². The van der Waals surface area contributed by atoms with Gasteiger partial charge < -0.3 is 10.5 Å². The van der Waals surface area contributed by atoms with Crippen LogP contribution in [-0.4, -0.2) is 21.4 Å². The van der Waals surface area contributed by atoms with E-state index in [-0.39, 0.29) is 0 Å². The molecule has 0 fully saturated rings. The van der Waals surface area contributed by atoms with E-state index in [2.05, 4.69) is 10.1 Å². The van der Waals surface area contributed by atoms with Crippen molar-refractivity contribution in [1.82, 2.24) is 14.8 Å². The Balaban J connectivity index is 1.71. The van der Waals surface area contributed by atoms with Gasteiger partial charge in [-0.1, -0.05) is 6.07 Å². The van der Waals surface area contributed by atoms with E-state index in [4.69, 9.17) is 10.5 Å². The molecule has 2 heterocycles. The molecule has 0 aliphatic carbocycles. The molecular formula is C14H14N4O. The van der Waals surface area contributed by atoms with Crippen molar-refractivity contribution < 1.29 is 4.74 Å². The first-order valence-corrected chi connectivity index (χ1v) is 6.08. The van der Waals surface area contributed by atoms with Crippen molar-refractivity contribution in [1.29, 1.82) is 0 Å². The van der Waals surface area contributed by atoms with Crippen LogP contribution in [0.4, 0.5) is 5.82 Å². The van der Waals surface area contributed by atoms with E-state index in [9.17, 15) is 0 Å². The lowest BCUT2D eigenvalue weighted by Gasteiger charge is -2.08. The van der Waals surface area contributed by atoms with Gasteiger partial charge in [-0.15, -0.1) is 0 Å². The number of nitrogens with two attached hydrogens (primary N) is 1. The summed E-state index contributed by atoms with van der Waals surface area (Å²) in [7, 11) is 0. The maximum absolute atomic E-state index is 5.79. The Bertz CT molecular complexity index is 687. The minimum Gasteiger partial charge on any atom is -0.491 e. The third-order valence-electron chi connectivity index (χ3n) is 2.84. The molecule has 0 saturated carbocycles. The monoisotopic (exact) mass is 254 g/mol. The Morgan fingerprint density at radius 3 is 2.95 bits per heavy atom. The highest BCUT2D eigenvalue weighted by atomic mass is 16.5. The molecule has 1 aromatic carbocycles. The fourth-order valence-electron chi connectivity index (χ4n) is 1.95. The molecule has 5 nitrogen and oxygen atoms in total. The number of rotatable bonds is 4. The van der Waals surface area contributed by atoms with Gasteiger partial charge >= 0.3 is 0 Å². The van der Waals surface area contributed by atoms with Crippen LogP contribution in [0.5, 0.6) is 5.75 Å². The first-order chi connectivity index (χ1) is 9.33. The summed E-state index contributed by atoms with van der Waals surface area (Å²) in [5.74, 6) is 1.36. The maximum atomic E-state index is 5.79. The van der Waals surface area contributed by atoms with Gasteiger partial charge in [-0.2, -0.15) is 5.10 Å². The highest BCUT2D eigenvalue weighted by molar-refractivity contribution is 5.84. The van der Waals surface area contributed by atoms with Crippen molar-refractivity contribution in [3.63, 3.8) is 0 Å². The molecule has 3 rings (SSSR count). The smallest absolute Gasteiger partial charge is 0.145 e. The van der Waals surface area contributed by atoms with Crippen molar-refractivity contribution in [2.24, 2.45) is 0 Å². The van der Waals surface area contributed by atoms with E-state index in [1.807, 2.05) is 36.5 Å². The zero-order chi connectivity index (χ0) is 13.1. The lowest BCUT2D eigenvalue weighted by Crippen LogP contribution is -2.09. The number of aromatic nitrogens is 3. The van der Waals surface area contributed by atoms with Crippen LogP contribution in [0.1, 0.15) is 0 Å².